The van der Waals surface area contributed by atoms with Gasteiger partial charge in [0.25, 0.3) is 5.91 Å². The molecule has 4 amide bonds. The average Bonchev–Trinajstić information content (AvgIpc) is 3.36. The number of thiophene rings is 1. The molecule has 3 heterocycles. The highest BCUT2D eigenvalue weighted by Crippen LogP contribution is 2.38. The first-order valence-corrected chi connectivity index (χ1v) is 11.6. The summed E-state index contributed by atoms with van der Waals surface area (Å²) in [5.41, 5.74) is 1.54. The van der Waals surface area contributed by atoms with E-state index in [-0.39, 0.29) is 48.9 Å². The first-order chi connectivity index (χ1) is 16.3. The van der Waals surface area contributed by atoms with Crippen LogP contribution < -0.4 is 10.2 Å². The Morgan fingerprint density at radius 1 is 1.12 bits per heavy atom. The van der Waals surface area contributed by atoms with Crippen LogP contribution in [0.2, 0.25) is 0 Å². The lowest BCUT2D eigenvalue weighted by Crippen LogP contribution is -2.36. The largest absolute Gasteiger partial charge is 0.465 e. The van der Waals surface area contributed by atoms with Gasteiger partial charge in [0.05, 0.1) is 31.5 Å². The average molecular weight is 486 g/mol. The first kappa shape index (κ1) is 23.4. The summed E-state index contributed by atoms with van der Waals surface area (Å²) in [4.78, 5) is 65.2. The maximum atomic E-state index is 13.0. The topological polar surface area (TPSA) is 122 Å². The normalized spacial score (nSPS) is 15.2. The monoisotopic (exact) mass is 485 g/mol. The fraction of sp³-hybridized carbons (Fsp3) is 0.348. The van der Waals surface area contributed by atoms with Crippen LogP contribution in [0.25, 0.3) is 0 Å². The van der Waals surface area contributed by atoms with Gasteiger partial charge in [0.1, 0.15) is 5.00 Å². The number of carbonyl (C=O) groups excluding carboxylic acids is 5. The van der Waals surface area contributed by atoms with Crippen LogP contribution in [0.5, 0.6) is 0 Å². The number of benzene rings is 1. The van der Waals surface area contributed by atoms with Crippen molar-refractivity contribution in [1.82, 2.24) is 4.90 Å². The van der Waals surface area contributed by atoms with E-state index in [1.165, 1.54) is 24.5 Å². The fourth-order valence-corrected chi connectivity index (χ4v) is 5.25. The van der Waals surface area contributed by atoms with E-state index < -0.39 is 18.0 Å². The zero-order valence-corrected chi connectivity index (χ0v) is 19.5. The van der Waals surface area contributed by atoms with E-state index in [1.54, 1.807) is 30.0 Å². The van der Waals surface area contributed by atoms with Crippen molar-refractivity contribution in [3.63, 3.8) is 0 Å². The van der Waals surface area contributed by atoms with Crippen LogP contribution in [0.4, 0.5) is 15.5 Å². The molecule has 0 spiro atoms. The van der Waals surface area contributed by atoms with Crippen LogP contribution in [0.1, 0.15) is 50.9 Å². The first-order valence-electron chi connectivity index (χ1n) is 10.8. The van der Waals surface area contributed by atoms with Gasteiger partial charge >= 0.3 is 12.1 Å². The van der Waals surface area contributed by atoms with Crippen LogP contribution in [-0.2, 0) is 32.0 Å². The molecule has 0 atom stereocenters. The number of fused-ring (bicyclic) bond motifs is 1. The smallest absolute Gasteiger partial charge is 0.410 e. The van der Waals surface area contributed by atoms with E-state index in [0.717, 1.165) is 15.3 Å². The molecular weight excluding hydrogens is 462 g/mol. The van der Waals surface area contributed by atoms with E-state index in [0.29, 0.717) is 23.7 Å². The molecule has 2 aromatic rings. The molecule has 34 heavy (non-hydrogen) atoms. The zero-order valence-electron chi connectivity index (χ0n) is 18.7. The summed E-state index contributed by atoms with van der Waals surface area (Å²) < 4.78 is 10.0. The number of anilines is 2. The second kappa shape index (κ2) is 9.64. The van der Waals surface area contributed by atoms with Crippen molar-refractivity contribution in [2.45, 2.75) is 32.7 Å². The summed E-state index contributed by atoms with van der Waals surface area (Å²) in [6.07, 6.45) is 0.261. The molecule has 10 nitrogen and oxygen atoms in total. The third-order valence-electron chi connectivity index (χ3n) is 5.62. The van der Waals surface area contributed by atoms with Gasteiger partial charge < -0.3 is 19.7 Å². The lowest BCUT2D eigenvalue weighted by molar-refractivity contribution is -0.121. The molecule has 0 saturated carbocycles. The molecule has 1 N–H and O–H groups in total. The van der Waals surface area contributed by atoms with Crippen molar-refractivity contribution in [3.05, 3.63) is 45.8 Å². The van der Waals surface area contributed by atoms with Crippen LogP contribution in [0.15, 0.2) is 24.3 Å². The number of imide groups is 1. The number of carbonyl (C=O) groups is 5. The summed E-state index contributed by atoms with van der Waals surface area (Å²) in [5.74, 6) is -1.72. The third-order valence-corrected chi connectivity index (χ3v) is 6.75. The molecule has 1 fully saturated rings. The lowest BCUT2D eigenvalue weighted by Gasteiger charge is -2.26. The number of amides is 4. The second-order valence-corrected chi connectivity index (χ2v) is 8.80. The van der Waals surface area contributed by atoms with Gasteiger partial charge in [-0.15, -0.1) is 11.3 Å². The molecular formula is C23H23N3O7S. The quantitative estimate of drug-likeness (QED) is 0.510. The third kappa shape index (κ3) is 4.38. The van der Waals surface area contributed by atoms with Crippen molar-refractivity contribution in [3.8, 4) is 0 Å². The molecule has 0 aliphatic carbocycles. The number of hydrogen-bond donors (Lipinski definition) is 1. The predicted molar refractivity (Wildman–Crippen MR) is 123 cm³/mol. The molecule has 1 aromatic carbocycles. The number of rotatable bonds is 5. The Morgan fingerprint density at radius 3 is 2.53 bits per heavy atom. The van der Waals surface area contributed by atoms with Crippen molar-refractivity contribution < 1.29 is 33.4 Å². The maximum Gasteiger partial charge on any atom is 0.410 e. The van der Waals surface area contributed by atoms with Crippen molar-refractivity contribution in [2.24, 2.45) is 0 Å². The standard InChI is InChI=1S/C23H23N3O7S/c1-3-33-23(31)25-10-9-15-16(12-25)34-21(19(15)22(30)32-2)24-20(29)13-5-4-6-14(11-13)26-17(27)7-8-18(26)28/h4-6,11H,3,7-10,12H2,1-2H3,(H,24,29). The van der Waals surface area contributed by atoms with Crippen LogP contribution >= 0.6 is 11.3 Å². The molecule has 4 rings (SSSR count). The van der Waals surface area contributed by atoms with Crippen LogP contribution in [0, 0.1) is 0 Å². The van der Waals surface area contributed by atoms with Gasteiger partial charge in [-0.3, -0.25) is 19.3 Å². The van der Waals surface area contributed by atoms with Crippen molar-refractivity contribution >= 4 is 51.8 Å². The highest BCUT2D eigenvalue weighted by atomic mass is 32.1. The van der Waals surface area contributed by atoms with Gasteiger partial charge in [0.2, 0.25) is 11.8 Å². The minimum atomic E-state index is -0.584. The maximum absolute atomic E-state index is 13.0. The molecule has 1 aromatic heterocycles. The number of esters is 1. The minimum Gasteiger partial charge on any atom is -0.465 e. The Bertz CT molecular complexity index is 1170. The predicted octanol–water partition coefficient (Wildman–Crippen LogP) is 2.96. The SMILES string of the molecule is CCOC(=O)N1CCc2c(sc(NC(=O)c3cccc(N4C(=O)CCC4=O)c3)c2C(=O)OC)C1. The van der Waals surface area contributed by atoms with Gasteiger partial charge in [0, 0.05) is 29.8 Å². The van der Waals surface area contributed by atoms with Crippen LogP contribution in [0.3, 0.4) is 0 Å². The molecule has 0 unspecified atom stereocenters. The Labute approximate surface area is 199 Å². The summed E-state index contributed by atoms with van der Waals surface area (Å²) >= 11 is 1.20. The van der Waals surface area contributed by atoms with E-state index in [4.69, 9.17) is 9.47 Å². The highest BCUT2D eigenvalue weighted by Gasteiger charge is 2.32. The molecule has 0 bridgehead atoms. The Hall–Kier alpha value is -3.73. The molecule has 11 heteroatoms. The Kier molecular flexibility index (Phi) is 6.64. The summed E-state index contributed by atoms with van der Waals surface area (Å²) in [6, 6.07) is 6.19. The fourth-order valence-electron chi connectivity index (χ4n) is 4.01. The van der Waals surface area contributed by atoms with E-state index in [2.05, 4.69) is 5.32 Å². The molecule has 2 aliphatic heterocycles. The van der Waals surface area contributed by atoms with Crippen molar-refractivity contribution in [2.75, 3.05) is 30.5 Å². The number of hydrogen-bond acceptors (Lipinski definition) is 8. The van der Waals surface area contributed by atoms with Gasteiger partial charge in [-0.1, -0.05) is 6.07 Å². The Morgan fingerprint density at radius 2 is 1.85 bits per heavy atom. The number of nitrogens with one attached hydrogen (secondary N) is 1. The minimum absolute atomic E-state index is 0.140. The summed E-state index contributed by atoms with van der Waals surface area (Å²) in [6.45, 7) is 2.62. The molecule has 178 valence electrons. The van der Waals surface area contributed by atoms with Crippen molar-refractivity contribution in [1.29, 1.82) is 0 Å². The van der Waals surface area contributed by atoms with Gasteiger partial charge in [-0.2, -0.15) is 0 Å². The van der Waals surface area contributed by atoms with E-state index in [9.17, 15) is 24.0 Å². The lowest BCUT2D eigenvalue weighted by atomic mass is 10.0. The molecule has 2 aliphatic rings. The van der Waals surface area contributed by atoms with Gasteiger partial charge in [0.15, 0.2) is 0 Å². The molecule has 1 saturated heterocycles. The summed E-state index contributed by atoms with van der Waals surface area (Å²) in [7, 11) is 1.26. The van der Waals surface area contributed by atoms with Gasteiger partial charge in [-0.25, -0.2) is 9.59 Å². The van der Waals surface area contributed by atoms with E-state index in [1.807, 2.05) is 0 Å². The number of nitrogens with zero attached hydrogens (tertiary/aromatic N) is 2. The molecule has 0 radical (unpaired) electrons. The van der Waals surface area contributed by atoms with Gasteiger partial charge in [-0.05, 0) is 37.1 Å². The van der Waals surface area contributed by atoms with Crippen LogP contribution in [-0.4, -0.2) is 54.9 Å². The number of ether oxygens (including phenoxy) is 2. The van der Waals surface area contributed by atoms with E-state index >= 15 is 0 Å². The number of methoxy groups -OCH3 is 1. The Balaban J connectivity index is 1.61. The highest BCUT2D eigenvalue weighted by molar-refractivity contribution is 7.17. The summed E-state index contributed by atoms with van der Waals surface area (Å²) in [5, 5.41) is 3.08. The second-order valence-electron chi connectivity index (χ2n) is 7.70. The zero-order chi connectivity index (χ0) is 24.4.